The zero-order chi connectivity index (χ0) is 16.1. The summed E-state index contributed by atoms with van der Waals surface area (Å²) < 4.78 is 19.2. The highest BCUT2D eigenvalue weighted by molar-refractivity contribution is 5.73. The van der Waals surface area contributed by atoms with Gasteiger partial charge in [0.25, 0.3) is 0 Å². The minimum Gasteiger partial charge on any atom is -0.496 e. The number of methoxy groups -OCH3 is 1. The number of likely N-dealkylation sites (tertiary alicyclic amines) is 1. The van der Waals surface area contributed by atoms with E-state index in [1.54, 1.807) is 12.1 Å². The van der Waals surface area contributed by atoms with Gasteiger partial charge in [-0.25, -0.2) is 4.39 Å². The highest BCUT2D eigenvalue weighted by atomic mass is 19.1. The maximum absolute atomic E-state index is 14.0. The molecule has 1 aromatic rings. The van der Waals surface area contributed by atoms with Crippen molar-refractivity contribution in [2.75, 3.05) is 20.2 Å². The molecular formula is C16H23FN2O3. The lowest BCUT2D eigenvalue weighted by Crippen LogP contribution is -2.42. The molecule has 2 rings (SSSR count). The van der Waals surface area contributed by atoms with E-state index in [1.807, 2.05) is 0 Å². The average Bonchev–Trinajstić information content (AvgIpc) is 2.64. The lowest BCUT2D eigenvalue weighted by atomic mass is 10.1. The van der Waals surface area contributed by atoms with Gasteiger partial charge in [-0.1, -0.05) is 6.07 Å². The van der Waals surface area contributed by atoms with Gasteiger partial charge >= 0.3 is 0 Å². The van der Waals surface area contributed by atoms with E-state index in [1.165, 1.54) is 20.1 Å². The van der Waals surface area contributed by atoms with Crippen molar-refractivity contribution in [1.82, 2.24) is 10.2 Å². The molecule has 0 unspecified atom stereocenters. The zero-order valence-electron chi connectivity index (χ0n) is 13.0. The van der Waals surface area contributed by atoms with Gasteiger partial charge < -0.3 is 15.2 Å². The first-order valence-corrected chi connectivity index (χ1v) is 7.50. The first kappa shape index (κ1) is 16.7. The first-order valence-electron chi connectivity index (χ1n) is 7.50. The molecule has 1 heterocycles. The molecule has 0 radical (unpaired) electrons. The first-order chi connectivity index (χ1) is 10.5. The van der Waals surface area contributed by atoms with Crippen LogP contribution < -0.4 is 10.1 Å². The Labute approximate surface area is 130 Å². The van der Waals surface area contributed by atoms with Gasteiger partial charge in [-0.05, 0) is 25.0 Å². The second-order valence-electron chi connectivity index (χ2n) is 5.65. The highest BCUT2D eigenvalue weighted by Crippen LogP contribution is 2.24. The van der Waals surface area contributed by atoms with Crippen molar-refractivity contribution in [3.8, 4) is 5.75 Å². The third-order valence-electron chi connectivity index (χ3n) is 4.03. The van der Waals surface area contributed by atoms with Gasteiger partial charge in [0.1, 0.15) is 11.6 Å². The lowest BCUT2D eigenvalue weighted by molar-refractivity contribution is -0.120. The maximum Gasteiger partial charge on any atom is 0.217 e. The van der Waals surface area contributed by atoms with E-state index in [2.05, 4.69) is 10.2 Å². The summed E-state index contributed by atoms with van der Waals surface area (Å²) in [5, 5.41) is 12.9. The molecule has 2 atom stereocenters. The van der Waals surface area contributed by atoms with E-state index in [0.717, 1.165) is 0 Å². The van der Waals surface area contributed by atoms with Gasteiger partial charge in [0.2, 0.25) is 5.91 Å². The van der Waals surface area contributed by atoms with Crippen LogP contribution in [-0.4, -0.2) is 48.3 Å². The summed E-state index contributed by atoms with van der Waals surface area (Å²) in [4.78, 5) is 13.2. The van der Waals surface area contributed by atoms with Crippen molar-refractivity contribution in [1.29, 1.82) is 0 Å². The van der Waals surface area contributed by atoms with E-state index in [9.17, 15) is 14.3 Å². The number of aliphatic hydroxyl groups excluding tert-OH is 1. The number of rotatable bonds is 4. The molecule has 0 aromatic heterocycles. The van der Waals surface area contributed by atoms with Gasteiger partial charge in [0, 0.05) is 32.1 Å². The van der Waals surface area contributed by atoms with E-state index in [0.29, 0.717) is 43.8 Å². The molecular weight excluding hydrogens is 287 g/mol. The second-order valence-corrected chi connectivity index (χ2v) is 5.65. The largest absolute Gasteiger partial charge is 0.496 e. The standard InChI is InChI=1S/C16H23FN2O3/c1-11(20)18-14-6-8-19(9-7-15(14)21)10-12-13(17)4-3-5-16(12)22-2/h3-5,14-15,21H,6-10H2,1-2H3,(H,18,20)/t14-,15-/m0/s1. The summed E-state index contributed by atoms with van der Waals surface area (Å²) in [5.74, 6) is 0.0963. The van der Waals surface area contributed by atoms with Crippen LogP contribution >= 0.6 is 0 Å². The van der Waals surface area contributed by atoms with E-state index in [4.69, 9.17) is 4.74 Å². The molecule has 2 N–H and O–H groups in total. The van der Waals surface area contributed by atoms with Gasteiger partial charge in [0.15, 0.2) is 0 Å². The Morgan fingerprint density at radius 3 is 2.86 bits per heavy atom. The van der Waals surface area contributed by atoms with Crippen molar-refractivity contribution in [2.45, 2.75) is 38.5 Å². The summed E-state index contributed by atoms with van der Waals surface area (Å²) in [5.41, 5.74) is 0.525. The minimum atomic E-state index is -0.573. The zero-order valence-corrected chi connectivity index (χ0v) is 13.0. The second kappa shape index (κ2) is 7.56. The number of aliphatic hydroxyl groups is 1. The van der Waals surface area contributed by atoms with Crippen LogP contribution in [0.2, 0.25) is 0 Å². The van der Waals surface area contributed by atoms with Crippen molar-refractivity contribution in [3.63, 3.8) is 0 Å². The van der Waals surface area contributed by atoms with Crippen LogP contribution in [0.3, 0.4) is 0 Å². The van der Waals surface area contributed by atoms with E-state index in [-0.39, 0.29) is 17.8 Å². The van der Waals surface area contributed by atoms with Crippen molar-refractivity contribution in [3.05, 3.63) is 29.6 Å². The molecule has 0 saturated carbocycles. The highest BCUT2D eigenvalue weighted by Gasteiger charge is 2.26. The third kappa shape index (κ3) is 4.18. The topological polar surface area (TPSA) is 61.8 Å². The van der Waals surface area contributed by atoms with Gasteiger partial charge in [-0.2, -0.15) is 0 Å². The van der Waals surface area contributed by atoms with Crippen LogP contribution in [0.1, 0.15) is 25.3 Å². The van der Waals surface area contributed by atoms with Crippen LogP contribution in [0.15, 0.2) is 18.2 Å². The molecule has 1 aromatic carbocycles. The molecule has 0 spiro atoms. The molecule has 1 aliphatic rings. The average molecular weight is 310 g/mol. The van der Waals surface area contributed by atoms with Crippen molar-refractivity contribution < 1.29 is 19.0 Å². The molecule has 1 fully saturated rings. The fraction of sp³-hybridized carbons (Fsp3) is 0.562. The maximum atomic E-state index is 14.0. The Kier molecular flexibility index (Phi) is 5.74. The SMILES string of the molecule is COc1cccc(F)c1CN1CC[C@H](NC(C)=O)[C@@H](O)CC1. The number of nitrogens with one attached hydrogen (secondary N) is 1. The molecule has 0 bridgehead atoms. The van der Waals surface area contributed by atoms with E-state index < -0.39 is 6.10 Å². The van der Waals surface area contributed by atoms with Crippen LogP contribution in [0, 0.1) is 5.82 Å². The fourth-order valence-corrected chi connectivity index (χ4v) is 2.84. The summed E-state index contributed by atoms with van der Waals surface area (Å²) in [6.07, 6.45) is 0.607. The lowest BCUT2D eigenvalue weighted by Gasteiger charge is -2.21. The Hall–Kier alpha value is -1.66. The quantitative estimate of drug-likeness (QED) is 0.880. The number of ether oxygens (including phenoxy) is 1. The molecule has 122 valence electrons. The predicted molar refractivity (Wildman–Crippen MR) is 81.1 cm³/mol. The van der Waals surface area contributed by atoms with Gasteiger partial charge in [-0.3, -0.25) is 9.69 Å². The number of hydrogen-bond donors (Lipinski definition) is 2. The summed E-state index contributed by atoms with van der Waals surface area (Å²) in [7, 11) is 1.53. The van der Waals surface area contributed by atoms with Crippen LogP contribution in [0.25, 0.3) is 0 Å². The molecule has 5 nitrogen and oxygen atoms in total. The van der Waals surface area contributed by atoms with Crippen molar-refractivity contribution >= 4 is 5.91 Å². The number of carbonyl (C=O) groups excluding carboxylic acids is 1. The van der Waals surface area contributed by atoms with Gasteiger partial charge in [0.05, 0.1) is 19.3 Å². The summed E-state index contributed by atoms with van der Waals surface area (Å²) in [6, 6.07) is 4.54. The predicted octanol–water partition coefficient (Wildman–Crippen LogP) is 1.30. The number of nitrogens with zero attached hydrogens (tertiary/aromatic N) is 1. The Morgan fingerprint density at radius 2 is 2.18 bits per heavy atom. The van der Waals surface area contributed by atoms with Crippen LogP contribution in [0.5, 0.6) is 5.75 Å². The number of hydrogen-bond acceptors (Lipinski definition) is 4. The number of halogens is 1. The van der Waals surface area contributed by atoms with Crippen LogP contribution in [-0.2, 0) is 11.3 Å². The smallest absolute Gasteiger partial charge is 0.217 e. The molecule has 1 amide bonds. The number of amides is 1. The van der Waals surface area contributed by atoms with E-state index >= 15 is 0 Å². The van der Waals surface area contributed by atoms with Crippen LogP contribution in [0.4, 0.5) is 4.39 Å². The molecule has 0 aliphatic carbocycles. The molecule has 6 heteroatoms. The van der Waals surface area contributed by atoms with Gasteiger partial charge in [-0.15, -0.1) is 0 Å². The summed E-state index contributed by atoms with van der Waals surface area (Å²) in [6.45, 7) is 3.20. The fourth-order valence-electron chi connectivity index (χ4n) is 2.84. The minimum absolute atomic E-state index is 0.145. The molecule has 1 aliphatic heterocycles. The number of benzene rings is 1. The Morgan fingerprint density at radius 1 is 1.45 bits per heavy atom. The Bertz CT molecular complexity index is 524. The summed E-state index contributed by atoms with van der Waals surface area (Å²) >= 11 is 0. The van der Waals surface area contributed by atoms with Crippen molar-refractivity contribution in [2.24, 2.45) is 0 Å². The normalized spacial score (nSPS) is 22.9. The Balaban J connectivity index is 2.04. The molecule has 22 heavy (non-hydrogen) atoms. The third-order valence-corrected chi connectivity index (χ3v) is 4.03. The molecule has 1 saturated heterocycles. The monoisotopic (exact) mass is 310 g/mol. The number of carbonyl (C=O) groups is 1.